The van der Waals surface area contributed by atoms with Gasteiger partial charge in [-0.3, -0.25) is 4.90 Å². The van der Waals surface area contributed by atoms with Crippen LogP contribution >= 0.6 is 0 Å². The van der Waals surface area contributed by atoms with Crippen molar-refractivity contribution in [2.45, 2.75) is 82.5 Å². The molecular formula is C33H39NO4. The Kier molecular flexibility index (Phi) is 9.11. The van der Waals surface area contributed by atoms with Crippen molar-refractivity contribution >= 4 is 6.09 Å². The molecule has 0 aromatic heterocycles. The van der Waals surface area contributed by atoms with E-state index in [1.54, 1.807) is 0 Å². The van der Waals surface area contributed by atoms with Crippen molar-refractivity contribution in [3.05, 3.63) is 108 Å². The van der Waals surface area contributed by atoms with Gasteiger partial charge in [0.25, 0.3) is 0 Å². The molecule has 3 aromatic carbocycles. The number of hydrogen-bond donors (Lipinski definition) is 0. The maximum absolute atomic E-state index is 13.3. The highest BCUT2D eigenvalue weighted by atomic mass is 16.6. The van der Waals surface area contributed by atoms with Crippen LogP contribution < -0.4 is 0 Å². The highest BCUT2D eigenvalue weighted by Crippen LogP contribution is 2.35. The van der Waals surface area contributed by atoms with E-state index in [9.17, 15) is 4.79 Å². The van der Waals surface area contributed by atoms with Gasteiger partial charge in [0.05, 0.1) is 31.5 Å². The lowest BCUT2D eigenvalue weighted by Gasteiger charge is -2.33. The molecule has 3 atom stereocenters. The van der Waals surface area contributed by atoms with E-state index in [1.807, 2.05) is 53.4 Å². The van der Waals surface area contributed by atoms with Crippen LogP contribution in [0, 0.1) is 0 Å². The van der Waals surface area contributed by atoms with Gasteiger partial charge in [-0.2, -0.15) is 0 Å². The minimum Gasteiger partial charge on any atom is -0.445 e. The van der Waals surface area contributed by atoms with E-state index in [0.717, 1.165) is 43.2 Å². The highest BCUT2D eigenvalue weighted by Gasteiger charge is 2.44. The Labute approximate surface area is 226 Å². The second kappa shape index (κ2) is 13.1. The Morgan fingerprint density at radius 3 is 1.97 bits per heavy atom. The number of likely N-dealkylation sites (tertiary alicyclic amines) is 1. The van der Waals surface area contributed by atoms with Crippen LogP contribution in [0.2, 0.25) is 0 Å². The van der Waals surface area contributed by atoms with Crippen LogP contribution in [-0.2, 0) is 27.4 Å². The molecule has 1 heterocycles. The summed E-state index contributed by atoms with van der Waals surface area (Å²) >= 11 is 0. The first-order valence-electron chi connectivity index (χ1n) is 14.0. The molecule has 1 amide bonds. The van der Waals surface area contributed by atoms with Gasteiger partial charge in [0, 0.05) is 6.04 Å². The Morgan fingerprint density at radius 2 is 1.34 bits per heavy atom. The topological polar surface area (TPSA) is 48.0 Å². The summed E-state index contributed by atoms with van der Waals surface area (Å²) in [6, 6.07) is 30.7. The minimum atomic E-state index is -0.298. The Balaban J connectivity index is 1.21. The van der Waals surface area contributed by atoms with Gasteiger partial charge < -0.3 is 14.2 Å². The fourth-order valence-corrected chi connectivity index (χ4v) is 5.89. The number of hydrogen-bond acceptors (Lipinski definition) is 4. The Hall–Kier alpha value is -3.15. The second-order valence-electron chi connectivity index (χ2n) is 10.7. The second-order valence-corrected chi connectivity index (χ2v) is 10.7. The molecule has 2 fully saturated rings. The molecule has 1 saturated heterocycles. The molecule has 2 aliphatic rings. The van der Waals surface area contributed by atoms with E-state index in [-0.39, 0.29) is 37.0 Å². The van der Waals surface area contributed by atoms with Crippen molar-refractivity contribution in [1.82, 2.24) is 4.90 Å². The summed E-state index contributed by atoms with van der Waals surface area (Å²) in [6.45, 7) is 3.32. The summed E-state index contributed by atoms with van der Waals surface area (Å²) in [5.74, 6) is 0.606. The SMILES string of the molecule is C[C@@H]1CC(OCc2ccccc2)[C@H](CO[C@H]2CC[C@@H](c3ccccc3)CC2)N1C(=O)OCc1ccccc1. The summed E-state index contributed by atoms with van der Waals surface area (Å²) in [6.07, 6.45) is 4.92. The molecule has 3 aromatic rings. The molecule has 0 N–H and O–H groups in total. The van der Waals surface area contributed by atoms with Crippen LogP contribution in [0.15, 0.2) is 91.0 Å². The van der Waals surface area contributed by atoms with Gasteiger partial charge in [-0.1, -0.05) is 91.0 Å². The normalized spacial score (nSPS) is 25.3. The van der Waals surface area contributed by atoms with Gasteiger partial charge in [0.1, 0.15) is 6.61 Å². The van der Waals surface area contributed by atoms with Gasteiger partial charge in [0.15, 0.2) is 0 Å². The van der Waals surface area contributed by atoms with Crippen LogP contribution in [0.25, 0.3) is 0 Å². The van der Waals surface area contributed by atoms with Crippen molar-refractivity contribution in [2.75, 3.05) is 6.61 Å². The zero-order chi connectivity index (χ0) is 26.2. The summed E-state index contributed by atoms with van der Waals surface area (Å²) in [5, 5.41) is 0. The first-order chi connectivity index (χ1) is 18.7. The number of benzene rings is 3. The monoisotopic (exact) mass is 513 g/mol. The van der Waals surface area contributed by atoms with E-state index < -0.39 is 0 Å². The quantitative estimate of drug-likeness (QED) is 0.306. The van der Waals surface area contributed by atoms with E-state index in [0.29, 0.717) is 19.1 Å². The van der Waals surface area contributed by atoms with Crippen molar-refractivity contribution in [1.29, 1.82) is 0 Å². The third-order valence-electron chi connectivity index (χ3n) is 8.01. The van der Waals surface area contributed by atoms with E-state index >= 15 is 0 Å². The number of rotatable bonds is 9. The third-order valence-corrected chi connectivity index (χ3v) is 8.01. The van der Waals surface area contributed by atoms with Crippen LogP contribution in [0.5, 0.6) is 0 Å². The zero-order valence-corrected chi connectivity index (χ0v) is 22.3. The van der Waals surface area contributed by atoms with Crippen LogP contribution in [-0.4, -0.2) is 41.9 Å². The Bertz CT molecular complexity index is 1120. The zero-order valence-electron chi connectivity index (χ0n) is 22.3. The molecule has 1 saturated carbocycles. The first kappa shape index (κ1) is 26.5. The third kappa shape index (κ3) is 6.83. The molecular weight excluding hydrogens is 474 g/mol. The van der Waals surface area contributed by atoms with Crippen molar-refractivity contribution in [3.63, 3.8) is 0 Å². The fourth-order valence-electron chi connectivity index (χ4n) is 5.89. The summed E-state index contributed by atoms with van der Waals surface area (Å²) in [7, 11) is 0. The summed E-state index contributed by atoms with van der Waals surface area (Å²) in [4.78, 5) is 15.2. The molecule has 1 aliphatic carbocycles. The molecule has 38 heavy (non-hydrogen) atoms. The average Bonchev–Trinajstić information content (AvgIpc) is 3.30. The lowest BCUT2D eigenvalue weighted by atomic mass is 9.83. The van der Waals surface area contributed by atoms with E-state index in [4.69, 9.17) is 14.2 Å². The Morgan fingerprint density at radius 1 is 0.763 bits per heavy atom. The number of carbonyl (C=O) groups is 1. The molecule has 0 spiro atoms. The minimum absolute atomic E-state index is 0.0152. The van der Waals surface area contributed by atoms with Crippen LogP contribution in [0.4, 0.5) is 4.79 Å². The molecule has 5 rings (SSSR count). The highest BCUT2D eigenvalue weighted by molar-refractivity contribution is 5.69. The molecule has 5 nitrogen and oxygen atoms in total. The van der Waals surface area contributed by atoms with Crippen molar-refractivity contribution < 1.29 is 19.0 Å². The molecule has 5 heteroatoms. The van der Waals surface area contributed by atoms with Crippen LogP contribution in [0.3, 0.4) is 0 Å². The van der Waals surface area contributed by atoms with Gasteiger partial charge in [-0.15, -0.1) is 0 Å². The van der Waals surface area contributed by atoms with E-state index in [1.165, 1.54) is 5.56 Å². The average molecular weight is 514 g/mol. The molecule has 1 aliphatic heterocycles. The standard InChI is InChI=1S/C33H39NO4/c1-25-21-32(37-22-26-11-5-2-6-12-26)31(34(25)33(35)38-23-27-13-7-3-8-14-27)24-36-30-19-17-29(18-20-30)28-15-9-4-10-16-28/h2-16,25,29-32H,17-24H2,1H3/t25-,29-,30+,31+,32?/m1/s1. The lowest BCUT2D eigenvalue weighted by Crippen LogP contribution is -2.46. The largest absolute Gasteiger partial charge is 0.445 e. The van der Waals surface area contributed by atoms with Crippen molar-refractivity contribution in [3.8, 4) is 0 Å². The number of ether oxygens (including phenoxy) is 3. The molecule has 0 bridgehead atoms. The lowest BCUT2D eigenvalue weighted by molar-refractivity contribution is -0.0480. The van der Waals surface area contributed by atoms with Gasteiger partial charge in [-0.25, -0.2) is 4.79 Å². The maximum atomic E-state index is 13.3. The smallest absolute Gasteiger partial charge is 0.410 e. The molecule has 1 unspecified atom stereocenters. The number of amides is 1. The molecule has 200 valence electrons. The van der Waals surface area contributed by atoms with E-state index in [2.05, 4.69) is 49.4 Å². The van der Waals surface area contributed by atoms with Gasteiger partial charge in [-0.05, 0) is 61.6 Å². The van der Waals surface area contributed by atoms with Gasteiger partial charge >= 0.3 is 6.09 Å². The predicted octanol–water partition coefficient (Wildman–Crippen LogP) is 7.11. The number of nitrogens with zero attached hydrogens (tertiary/aromatic N) is 1. The predicted molar refractivity (Wildman–Crippen MR) is 149 cm³/mol. The molecule has 0 radical (unpaired) electrons. The fraction of sp³-hybridized carbons (Fsp3) is 0.424. The van der Waals surface area contributed by atoms with Crippen molar-refractivity contribution in [2.24, 2.45) is 0 Å². The number of carbonyl (C=O) groups excluding carboxylic acids is 1. The van der Waals surface area contributed by atoms with Gasteiger partial charge in [0.2, 0.25) is 0 Å². The summed E-state index contributed by atoms with van der Waals surface area (Å²) < 4.78 is 18.7. The van der Waals surface area contributed by atoms with Crippen LogP contribution in [0.1, 0.15) is 61.6 Å². The first-order valence-corrected chi connectivity index (χ1v) is 14.0. The maximum Gasteiger partial charge on any atom is 0.410 e. The summed E-state index contributed by atoms with van der Waals surface area (Å²) in [5.41, 5.74) is 3.54.